The van der Waals surface area contributed by atoms with Gasteiger partial charge in [-0.05, 0) is 30.7 Å². The number of methoxy groups -OCH3 is 1. The molecule has 0 saturated heterocycles. The van der Waals surface area contributed by atoms with E-state index in [4.69, 9.17) is 14.2 Å². The highest BCUT2D eigenvalue weighted by molar-refractivity contribution is 9.10. The van der Waals surface area contributed by atoms with Crippen molar-refractivity contribution in [2.24, 2.45) is 10.9 Å². The number of carbonyl (C=O) groups excluding carboxylic acids is 1. The van der Waals surface area contributed by atoms with Gasteiger partial charge in [-0.2, -0.15) is 0 Å². The van der Waals surface area contributed by atoms with Gasteiger partial charge in [0.05, 0.1) is 11.4 Å². The Labute approximate surface area is 201 Å². The molecule has 1 N–H and O–H groups in total. The van der Waals surface area contributed by atoms with E-state index in [0.29, 0.717) is 24.1 Å². The lowest BCUT2D eigenvalue weighted by molar-refractivity contribution is 0.120. The third kappa shape index (κ3) is 5.72. The predicted molar refractivity (Wildman–Crippen MR) is 128 cm³/mol. The Hall–Kier alpha value is -1.01. The third-order valence-electron chi connectivity index (χ3n) is 5.66. The van der Waals surface area contributed by atoms with Gasteiger partial charge in [0.1, 0.15) is 24.8 Å². The second-order valence-corrected chi connectivity index (χ2v) is 17.2. The van der Waals surface area contributed by atoms with Crippen LogP contribution in [-0.2, 0) is 19.7 Å². The standard InChI is InChI=1S/C21H29BrF2N2O4SSi/c1-28-12-20-10-17(20)21(11-23,15-9-14(22)5-6-16(15)24)26-19(31-20)30-18(27)25-13-29-7-8-32(2,3)4/h5-6,9,17H,7-8,10-13H2,1-4H3,(H,25,27)/t17-,20-,21-/m1/s1. The molecule has 1 aliphatic carbocycles. The number of fused-ring (bicyclic) bond motifs is 1. The number of alkyl halides is 1. The Bertz CT molecular complexity index is 888. The van der Waals surface area contributed by atoms with E-state index in [1.807, 2.05) is 0 Å². The minimum atomic E-state index is -1.49. The third-order valence-corrected chi connectivity index (χ3v) is 9.19. The minimum absolute atomic E-state index is 0.00160. The van der Waals surface area contributed by atoms with Gasteiger partial charge in [0.25, 0.3) is 5.23 Å². The van der Waals surface area contributed by atoms with E-state index in [-0.39, 0.29) is 23.4 Å². The quantitative estimate of drug-likeness (QED) is 0.256. The van der Waals surface area contributed by atoms with Gasteiger partial charge in [-0.25, -0.2) is 18.6 Å². The summed E-state index contributed by atoms with van der Waals surface area (Å²) >= 11 is 4.56. The maximum absolute atomic E-state index is 14.8. The molecule has 32 heavy (non-hydrogen) atoms. The van der Waals surface area contributed by atoms with E-state index in [9.17, 15) is 13.6 Å². The fraction of sp³-hybridized carbons (Fsp3) is 0.619. The predicted octanol–water partition coefficient (Wildman–Crippen LogP) is 5.30. The summed E-state index contributed by atoms with van der Waals surface area (Å²) < 4.78 is 45.7. The van der Waals surface area contributed by atoms with Crippen molar-refractivity contribution in [3.63, 3.8) is 0 Å². The van der Waals surface area contributed by atoms with Gasteiger partial charge < -0.3 is 14.2 Å². The molecule has 11 heteroatoms. The van der Waals surface area contributed by atoms with Crippen LogP contribution in [0, 0.1) is 11.7 Å². The van der Waals surface area contributed by atoms with E-state index in [1.165, 1.54) is 23.9 Å². The molecule has 1 aromatic carbocycles. The molecule has 1 aliphatic heterocycles. The van der Waals surface area contributed by atoms with Crippen molar-refractivity contribution in [1.82, 2.24) is 5.32 Å². The maximum atomic E-state index is 14.8. The van der Waals surface area contributed by atoms with Crippen LogP contribution in [-0.4, -0.2) is 57.9 Å². The molecule has 178 valence electrons. The summed E-state index contributed by atoms with van der Waals surface area (Å²) in [5.74, 6) is -0.839. The lowest BCUT2D eigenvalue weighted by Crippen LogP contribution is -2.41. The van der Waals surface area contributed by atoms with Gasteiger partial charge in [0, 0.05) is 37.7 Å². The summed E-state index contributed by atoms with van der Waals surface area (Å²) in [6.45, 7) is 6.65. The van der Waals surface area contributed by atoms with Gasteiger partial charge in [-0.1, -0.05) is 47.3 Å². The Morgan fingerprint density at radius 1 is 1.41 bits per heavy atom. The van der Waals surface area contributed by atoms with E-state index in [1.54, 1.807) is 13.2 Å². The molecule has 1 aromatic rings. The lowest BCUT2D eigenvalue weighted by atomic mass is 9.85. The van der Waals surface area contributed by atoms with Crippen LogP contribution in [0.25, 0.3) is 0 Å². The number of benzene rings is 1. The number of thioether (sulfide) groups is 1. The molecule has 0 radical (unpaired) electrons. The van der Waals surface area contributed by atoms with E-state index in [2.05, 4.69) is 45.9 Å². The van der Waals surface area contributed by atoms with Gasteiger partial charge in [-0.3, -0.25) is 5.32 Å². The first-order chi connectivity index (χ1) is 15.0. The van der Waals surface area contributed by atoms with Crippen molar-refractivity contribution >= 4 is 47.1 Å². The highest BCUT2D eigenvalue weighted by Gasteiger charge is 2.69. The molecule has 1 amide bonds. The number of hydrogen-bond acceptors (Lipinski definition) is 6. The monoisotopic (exact) mass is 550 g/mol. The molecular formula is C21H29BrF2N2O4SSi. The number of ether oxygens (including phenoxy) is 3. The number of hydrogen-bond donors (Lipinski definition) is 1. The van der Waals surface area contributed by atoms with Crippen molar-refractivity contribution < 1.29 is 27.8 Å². The number of nitrogens with zero attached hydrogens (tertiary/aromatic N) is 1. The molecule has 0 spiro atoms. The van der Waals surface area contributed by atoms with Crippen LogP contribution in [0.15, 0.2) is 27.7 Å². The van der Waals surface area contributed by atoms with E-state index in [0.717, 1.165) is 6.04 Å². The molecule has 1 fully saturated rings. The summed E-state index contributed by atoms with van der Waals surface area (Å²) in [5.41, 5.74) is -1.35. The molecular weight excluding hydrogens is 522 g/mol. The number of aliphatic imine (C=N–C) groups is 1. The van der Waals surface area contributed by atoms with Gasteiger partial charge >= 0.3 is 6.09 Å². The molecule has 6 nitrogen and oxygen atoms in total. The summed E-state index contributed by atoms with van der Waals surface area (Å²) in [7, 11) is 0.331. The van der Waals surface area contributed by atoms with Gasteiger partial charge in [0.2, 0.25) is 0 Å². The zero-order valence-electron chi connectivity index (χ0n) is 18.7. The number of carbonyl (C=O) groups is 1. The Morgan fingerprint density at radius 3 is 2.81 bits per heavy atom. The number of halogens is 3. The Morgan fingerprint density at radius 2 is 2.16 bits per heavy atom. The minimum Gasteiger partial charge on any atom is -0.385 e. The van der Waals surface area contributed by atoms with Crippen LogP contribution >= 0.6 is 27.7 Å². The summed E-state index contributed by atoms with van der Waals surface area (Å²) in [6, 6.07) is 5.34. The van der Waals surface area contributed by atoms with Crippen LogP contribution in [0.4, 0.5) is 13.6 Å². The Kier molecular flexibility index (Phi) is 8.07. The van der Waals surface area contributed by atoms with Gasteiger partial charge in [-0.15, -0.1) is 0 Å². The first-order valence-electron chi connectivity index (χ1n) is 10.4. The number of rotatable bonds is 9. The molecule has 3 atom stereocenters. The van der Waals surface area contributed by atoms with E-state index >= 15 is 0 Å². The lowest BCUT2D eigenvalue weighted by Gasteiger charge is -2.35. The number of amides is 1. The maximum Gasteiger partial charge on any atom is 0.416 e. The smallest absolute Gasteiger partial charge is 0.385 e. The zero-order valence-corrected chi connectivity index (χ0v) is 22.1. The van der Waals surface area contributed by atoms with Crippen molar-refractivity contribution in [3.05, 3.63) is 34.1 Å². The second kappa shape index (κ2) is 10.1. The average Bonchev–Trinajstić information content (AvgIpc) is 3.43. The molecule has 3 rings (SSSR count). The average molecular weight is 552 g/mol. The largest absolute Gasteiger partial charge is 0.416 e. The first kappa shape index (κ1) is 25.6. The normalized spacial score (nSPS) is 26.8. The summed E-state index contributed by atoms with van der Waals surface area (Å²) in [6.07, 6.45) is -0.183. The van der Waals surface area contributed by atoms with Crippen LogP contribution in [0.5, 0.6) is 0 Å². The highest BCUT2D eigenvalue weighted by atomic mass is 79.9. The topological polar surface area (TPSA) is 69.2 Å². The van der Waals surface area contributed by atoms with Crippen LogP contribution in [0.3, 0.4) is 0 Å². The number of nitrogens with one attached hydrogen (secondary N) is 1. The van der Waals surface area contributed by atoms with Crippen LogP contribution in [0.1, 0.15) is 12.0 Å². The molecule has 1 saturated carbocycles. The SMILES string of the molecule is COC[C@]12C[C@H]1[C@@](CF)(c1cc(Br)ccc1F)N=C(OC(=O)NCOCC[Si](C)(C)C)S2. The van der Waals surface area contributed by atoms with E-state index < -0.39 is 36.9 Å². The van der Waals surface area contributed by atoms with Crippen LogP contribution < -0.4 is 5.32 Å². The van der Waals surface area contributed by atoms with Gasteiger partial charge in [0.15, 0.2) is 0 Å². The molecule has 1 heterocycles. The molecule has 2 aliphatic rings. The second-order valence-electron chi connectivity index (χ2n) is 9.35. The summed E-state index contributed by atoms with van der Waals surface area (Å²) in [5, 5.41) is 2.52. The first-order valence-corrected chi connectivity index (χ1v) is 15.7. The van der Waals surface area contributed by atoms with Crippen molar-refractivity contribution in [2.45, 2.75) is 42.4 Å². The van der Waals surface area contributed by atoms with Crippen molar-refractivity contribution in [2.75, 3.05) is 33.7 Å². The zero-order chi connectivity index (χ0) is 23.6. The fourth-order valence-corrected chi connectivity index (χ4v) is 6.42. The van der Waals surface area contributed by atoms with Crippen molar-refractivity contribution in [1.29, 1.82) is 0 Å². The van der Waals surface area contributed by atoms with Crippen LogP contribution in [0.2, 0.25) is 25.7 Å². The molecule has 0 aromatic heterocycles. The Balaban J connectivity index is 1.76. The van der Waals surface area contributed by atoms with Crippen molar-refractivity contribution in [3.8, 4) is 0 Å². The fourth-order valence-electron chi connectivity index (χ4n) is 3.87. The molecule has 0 bridgehead atoms. The highest BCUT2D eigenvalue weighted by Crippen LogP contribution is 2.66. The molecule has 0 unspecified atom stereocenters. The summed E-state index contributed by atoms with van der Waals surface area (Å²) in [4.78, 5) is 16.7. The number of alkyl carbamates (subject to hydrolysis) is 1.